The molecule has 34 heavy (non-hydrogen) atoms. The Morgan fingerprint density at radius 1 is 1.12 bits per heavy atom. The van der Waals surface area contributed by atoms with E-state index in [1.807, 2.05) is 25.1 Å². The van der Waals surface area contributed by atoms with Crippen molar-refractivity contribution in [1.82, 2.24) is 9.21 Å². The number of fused-ring (bicyclic) bond motifs is 1. The molecule has 7 nitrogen and oxygen atoms in total. The number of benzene rings is 2. The molecule has 9 heteroatoms. The fourth-order valence-electron chi connectivity index (χ4n) is 4.88. The lowest BCUT2D eigenvalue weighted by atomic mass is 9.80. The molecule has 2 atom stereocenters. The summed E-state index contributed by atoms with van der Waals surface area (Å²) in [7, 11) is -3.83. The van der Waals surface area contributed by atoms with E-state index in [1.165, 1.54) is 18.2 Å². The zero-order valence-corrected chi connectivity index (χ0v) is 20.7. The lowest BCUT2D eigenvalue weighted by molar-refractivity contribution is -0.150. The van der Waals surface area contributed by atoms with Gasteiger partial charge < -0.3 is 9.64 Å². The van der Waals surface area contributed by atoms with Crippen LogP contribution in [0.3, 0.4) is 0 Å². The maximum atomic E-state index is 12.8. The summed E-state index contributed by atoms with van der Waals surface area (Å²) < 4.78 is 31.8. The zero-order chi connectivity index (χ0) is 24.3. The van der Waals surface area contributed by atoms with Crippen molar-refractivity contribution in [2.75, 3.05) is 32.8 Å². The summed E-state index contributed by atoms with van der Waals surface area (Å²) in [5.41, 5.74) is 1.28. The number of amides is 1. The van der Waals surface area contributed by atoms with Gasteiger partial charge in [-0.3, -0.25) is 9.59 Å². The maximum Gasteiger partial charge on any atom is 0.310 e. The van der Waals surface area contributed by atoms with Crippen LogP contribution in [0.1, 0.15) is 48.0 Å². The number of sulfonamides is 1. The second-order valence-electron chi connectivity index (χ2n) is 8.69. The predicted octanol–water partition coefficient (Wildman–Crippen LogP) is 3.93. The fraction of sp³-hybridized carbons (Fsp3) is 0.440. The first kappa shape index (κ1) is 24.7. The Morgan fingerprint density at radius 2 is 1.85 bits per heavy atom. The Kier molecular flexibility index (Phi) is 7.60. The summed E-state index contributed by atoms with van der Waals surface area (Å²) in [6.07, 6.45) is 2.10. The summed E-state index contributed by atoms with van der Waals surface area (Å²) >= 11 is 5.94. The Bertz CT molecular complexity index is 1160. The van der Waals surface area contributed by atoms with Gasteiger partial charge in [0.05, 0.1) is 18.1 Å². The van der Waals surface area contributed by atoms with Crippen LogP contribution in [0.25, 0.3) is 0 Å². The summed E-state index contributed by atoms with van der Waals surface area (Å²) in [6.45, 7) is 4.45. The van der Waals surface area contributed by atoms with E-state index in [0.29, 0.717) is 31.0 Å². The molecule has 2 aliphatic rings. The van der Waals surface area contributed by atoms with Crippen molar-refractivity contribution in [3.63, 3.8) is 0 Å². The SMILES string of the molecule is CCOC(=O)[C@@H]1CN(CCCCN2C(=O)c3cc(Cl)ccc3S2(=O)=O)CC[C@H]1c1ccccc1. The number of hydrogen-bond acceptors (Lipinski definition) is 6. The molecule has 2 heterocycles. The van der Waals surface area contributed by atoms with Crippen molar-refractivity contribution < 1.29 is 22.7 Å². The fourth-order valence-corrected chi connectivity index (χ4v) is 6.64. The highest BCUT2D eigenvalue weighted by Crippen LogP contribution is 2.35. The molecule has 0 unspecified atom stereocenters. The van der Waals surface area contributed by atoms with Crippen LogP contribution in [0, 0.1) is 5.92 Å². The molecule has 0 radical (unpaired) electrons. The Labute approximate surface area is 205 Å². The van der Waals surface area contributed by atoms with Gasteiger partial charge in [-0.25, -0.2) is 12.7 Å². The van der Waals surface area contributed by atoms with Gasteiger partial charge in [0, 0.05) is 18.1 Å². The molecular weight excluding hydrogens is 476 g/mol. The number of nitrogens with zero attached hydrogens (tertiary/aromatic N) is 2. The number of piperidine rings is 1. The van der Waals surface area contributed by atoms with Crippen molar-refractivity contribution >= 4 is 33.5 Å². The van der Waals surface area contributed by atoms with Crippen LogP contribution in [0.2, 0.25) is 5.02 Å². The number of hydrogen-bond donors (Lipinski definition) is 0. The van der Waals surface area contributed by atoms with E-state index in [-0.39, 0.29) is 34.8 Å². The molecule has 1 saturated heterocycles. The zero-order valence-electron chi connectivity index (χ0n) is 19.2. The Hall–Kier alpha value is -2.42. The van der Waals surface area contributed by atoms with E-state index in [1.54, 1.807) is 0 Å². The van der Waals surface area contributed by atoms with Crippen molar-refractivity contribution in [2.24, 2.45) is 5.92 Å². The minimum absolute atomic E-state index is 0.0159. The summed E-state index contributed by atoms with van der Waals surface area (Å²) in [4.78, 5) is 27.6. The van der Waals surface area contributed by atoms with E-state index in [2.05, 4.69) is 17.0 Å². The molecule has 0 N–H and O–H groups in total. The van der Waals surface area contributed by atoms with Crippen LogP contribution in [0.4, 0.5) is 0 Å². The van der Waals surface area contributed by atoms with Gasteiger partial charge >= 0.3 is 5.97 Å². The Morgan fingerprint density at radius 3 is 2.59 bits per heavy atom. The van der Waals surface area contributed by atoms with Crippen LogP contribution < -0.4 is 0 Å². The number of rotatable bonds is 8. The third-order valence-electron chi connectivity index (χ3n) is 6.57. The maximum absolute atomic E-state index is 12.8. The van der Waals surface area contributed by atoms with E-state index in [9.17, 15) is 18.0 Å². The topological polar surface area (TPSA) is 84.0 Å². The summed E-state index contributed by atoms with van der Waals surface area (Å²) in [6, 6.07) is 14.3. The first-order valence-electron chi connectivity index (χ1n) is 11.6. The van der Waals surface area contributed by atoms with E-state index >= 15 is 0 Å². The van der Waals surface area contributed by atoms with Crippen molar-refractivity contribution in [3.8, 4) is 0 Å². The number of likely N-dealkylation sites (tertiary alicyclic amines) is 1. The van der Waals surface area contributed by atoms with Crippen molar-refractivity contribution in [3.05, 3.63) is 64.7 Å². The lowest BCUT2D eigenvalue weighted by Gasteiger charge is -2.37. The minimum atomic E-state index is -3.83. The molecule has 182 valence electrons. The van der Waals surface area contributed by atoms with Gasteiger partial charge in [0.15, 0.2) is 0 Å². The number of carbonyl (C=O) groups is 2. The van der Waals surface area contributed by atoms with Crippen LogP contribution >= 0.6 is 11.6 Å². The largest absolute Gasteiger partial charge is 0.466 e. The first-order valence-corrected chi connectivity index (χ1v) is 13.4. The molecule has 1 fully saturated rings. The normalized spacial score (nSPS) is 21.9. The van der Waals surface area contributed by atoms with Crippen molar-refractivity contribution in [2.45, 2.75) is 37.0 Å². The van der Waals surface area contributed by atoms with Crippen LogP contribution in [-0.2, 0) is 19.6 Å². The summed E-state index contributed by atoms with van der Waals surface area (Å²) in [5, 5.41) is 0.333. The molecule has 4 rings (SSSR count). The van der Waals surface area contributed by atoms with Gasteiger partial charge in [0.1, 0.15) is 4.90 Å². The smallest absolute Gasteiger partial charge is 0.310 e. The van der Waals surface area contributed by atoms with Gasteiger partial charge in [0.25, 0.3) is 15.9 Å². The average molecular weight is 505 g/mol. The van der Waals surface area contributed by atoms with Crippen molar-refractivity contribution in [1.29, 1.82) is 0 Å². The highest BCUT2D eigenvalue weighted by atomic mass is 35.5. The van der Waals surface area contributed by atoms with Gasteiger partial charge in [-0.1, -0.05) is 41.9 Å². The molecule has 0 aromatic heterocycles. The molecule has 1 amide bonds. The first-order chi connectivity index (χ1) is 16.3. The highest BCUT2D eigenvalue weighted by Gasteiger charge is 2.41. The third kappa shape index (κ3) is 4.99. The van der Waals surface area contributed by atoms with Crippen LogP contribution in [0.15, 0.2) is 53.4 Å². The van der Waals surface area contributed by atoms with Gasteiger partial charge in [0.2, 0.25) is 0 Å². The number of ether oxygens (including phenoxy) is 1. The monoisotopic (exact) mass is 504 g/mol. The Balaban J connectivity index is 1.34. The quantitative estimate of drug-likeness (QED) is 0.400. The molecule has 2 aromatic rings. The standard InChI is InChI=1S/C25H29ClN2O5S/c1-2-33-25(30)22-17-27(15-12-20(22)18-8-4-3-5-9-18)13-6-7-14-28-24(29)21-16-19(26)10-11-23(21)34(28,31)32/h3-5,8-11,16,20,22H,2,6-7,12-15,17H2,1H3/t20-,22+/m0/s1. The highest BCUT2D eigenvalue weighted by molar-refractivity contribution is 7.90. The van der Waals surface area contributed by atoms with Gasteiger partial charge in [-0.05, 0) is 69.0 Å². The molecule has 2 aliphatic heterocycles. The number of halogens is 1. The average Bonchev–Trinajstić information content (AvgIpc) is 3.02. The van der Waals surface area contributed by atoms with E-state index < -0.39 is 15.9 Å². The number of carbonyl (C=O) groups excluding carboxylic acids is 2. The second-order valence-corrected chi connectivity index (χ2v) is 11.0. The van der Waals surface area contributed by atoms with Gasteiger partial charge in [-0.2, -0.15) is 0 Å². The second kappa shape index (κ2) is 10.5. The minimum Gasteiger partial charge on any atom is -0.466 e. The molecule has 0 bridgehead atoms. The molecular formula is C25H29ClN2O5S. The van der Waals surface area contributed by atoms with Crippen LogP contribution in [0.5, 0.6) is 0 Å². The molecule has 0 aliphatic carbocycles. The predicted molar refractivity (Wildman–Crippen MR) is 129 cm³/mol. The molecule has 2 aromatic carbocycles. The van der Waals surface area contributed by atoms with E-state index in [4.69, 9.17) is 16.3 Å². The van der Waals surface area contributed by atoms with Crippen LogP contribution in [-0.4, -0.2) is 62.3 Å². The third-order valence-corrected chi connectivity index (χ3v) is 8.64. The number of unbranched alkanes of at least 4 members (excludes halogenated alkanes) is 1. The van der Waals surface area contributed by atoms with E-state index in [0.717, 1.165) is 29.4 Å². The van der Waals surface area contributed by atoms with Gasteiger partial charge in [-0.15, -0.1) is 0 Å². The number of esters is 1. The lowest BCUT2D eigenvalue weighted by Crippen LogP contribution is -2.44. The summed E-state index contributed by atoms with van der Waals surface area (Å²) in [5.74, 6) is -0.820. The molecule has 0 saturated carbocycles. The molecule has 0 spiro atoms.